The van der Waals surface area contributed by atoms with Gasteiger partial charge in [0.25, 0.3) is 6.43 Å². The fourth-order valence-electron chi connectivity index (χ4n) is 2.08. The zero-order chi connectivity index (χ0) is 14.7. The van der Waals surface area contributed by atoms with Gasteiger partial charge in [0.2, 0.25) is 0 Å². The topological polar surface area (TPSA) is 20.2 Å². The summed E-state index contributed by atoms with van der Waals surface area (Å²) in [6, 6.07) is 9.97. The Hall–Kier alpha value is -1.81. The van der Waals surface area contributed by atoms with Crippen molar-refractivity contribution in [3.8, 4) is 0 Å². The molecule has 0 saturated heterocycles. The third-order valence-corrected chi connectivity index (χ3v) is 3.29. The molecular formula is C16H15F3O. The number of halogens is 3. The first-order valence-corrected chi connectivity index (χ1v) is 6.28. The molecule has 0 aliphatic heterocycles. The molecule has 4 heteroatoms. The van der Waals surface area contributed by atoms with Gasteiger partial charge in [0.05, 0.1) is 6.10 Å². The van der Waals surface area contributed by atoms with E-state index in [1.165, 1.54) is 36.4 Å². The van der Waals surface area contributed by atoms with Gasteiger partial charge < -0.3 is 5.11 Å². The van der Waals surface area contributed by atoms with E-state index in [1.807, 2.05) is 0 Å². The van der Waals surface area contributed by atoms with Crippen LogP contribution in [0.1, 0.15) is 34.8 Å². The van der Waals surface area contributed by atoms with Gasteiger partial charge in [-0.25, -0.2) is 13.2 Å². The number of aryl methyl sites for hydroxylation is 1. The van der Waals surface area contributed by atoms with Crippen molar-refractivity contribution >= 4 is 0 Å². The number of benzene rings is 2. The van der Waals surface area contributed by atoms with E-state index in [2.05, 4.69) is 0 Å². The fraction of sp³-hybridized carbons (Fsp3) is 0.250. The second kappa shape index (κ2) is 6.09. The molecule has 0 aliphatic carbocycles. The summed E-state index contributed by atoms with van der Waals surface area (Å²) in [5.41, 5.74) is 2.09. The Morgan fingerprint density at radius 2 is 1.60 bits per heavy atom. The highest BCUT2D eigenvalue weighted by atomic mass is 19.3. The molecular weight excluding hydrogens is 265 g/mol. The molecule has 1 nitrogen and oxygen atoms in total. The quantitative estimate of drug-likeness (QED) is 0.883. The minimum atomic E-state index is -2.51. The van der Waals surface area contributed by atoms with E-state index < -0.39 is 12.5 Å². The van der Waals surface area contributed by atoms with Gasteiger partial charge in [0.1, 0.15) is 5.82 Å². The molecule has 2 aromatic carbocycles. The summed E-state index contributed by atoms with van der Waals surface area (Å²) in [6.07, 6.45) is -2.99. The summed E-state index contributed by atoms with van der Waals surface area (Å²) in [5.74, 6) is -0.318. The van der Waals surface area contributed by atoms with Crippen molar-refractivity contribution in [1.82, 2.24) is 0 Å². The van der Waals surface area contributed by atoms with E-state index in [9.17, 15) is 18.3 Å². The number of hydrogen-bond donors (Lipinski definition) is 1. The van der Waals surface area contributed by atoms with Crippen LogP contribution in [0, 0.1) is 12.7 Å². The minimum absolute atomic E-state index is 0.0705. The van der Waals surface area contributed by atoms with Gasteiger partial charge >= 0.3 is 0 Å². The first kappa shape index (κ1) is 14.6. The van der Waals surface area contributed by atoms with Gasteiger partial charge in [-0.1, -0.05) is 30.3 Å². The van der Waals surface area contributed by atoms with Crippen LogP contribution in [0.3, 0.4) is 0 Å². The summed E-state index contributed by atoms with van der Waals surface area (Å²) >= 11 is 0. The molecule has 0 heterocycles. The Morgan fingerprint density at radius 3 is 2.15 bits per heavy atom. The third-order valence-electron chi connectivity index (χ3n) is 3.29. The average Bonchev–Trinajstić information content (AvgIpc) is 2.42. The lowest BCUT2D eigenvalue weighted by molar-refractivity contribution is 0.151. The first-order chi connectivity index (χ1) is 9.47. The van der Waals surface area contributed by atoms with Crippen LogP contribution in [-0.2, 0) is 6.42 Å². The Morgan fingerprint density at radius 1 is 1.00 bits per heavy atom. The molecule has 0 amide bonds. The molecule has 0 aliphatic rings. The number of aliphatic hydroxyl groups excluding tert-OH is 1. The predicted octanol–water partition coefficient (Wildman–Crippen LogP) is 4.35. The molecule has 0 fully saturated rings. The van der Waals surface area contributed by atoms with Gasteiger partial charge in [-0.15, -0.1) is 0 Å². The Kier molecular flexibility index (Phi) is 4.45. The van der Waals surface area contributed by atoms with Crippen molar-refractivity contribution in [3.05, 3.63) is 70.5 Å². The first-order valence-electron chi connectivity index (χ1n) is 6.28. The highest BCUT2D eigenvalue weighted by Gasteiger charge is 2.12. The van der Waals surface area contributed by atoms with Crippen molar-refractivity contribution < 1.29 is 18.3 Å². The fourth-order valence-corrected chi connectivity index (χ4v) is 2.08. The molecule has 1 N–H and O–H groups in total. The van der Waals surface area contributed by atoms with Crippen molar-refractivity contribution in [1.29, 1.82) is 0 Å². The second-order valence-corrected chi connectivity index (χ2v) is 4.76. The van der Waals surface area contributed by atoms with Crippen LogP contribution in [-0.4, -0.2) is 5.11 Å². The van der Waals surface area contributed by atoms with E-state index in [4.69, 9.17) is 0 Å². The average molecular weight is 280 g/mol. The number of alkyl halides is 2. The molecule has 106 valence electrons. The van der Waals surface area contributed by atoms with Crippen molar-refractivity contribution in [2.45, 2.75) is 25.9 Å². The van der Waals surface area contributed by atoms with E-state index >= 15 is 0 Å². The van der Waals surface area contributed by atoms with Crippen LogP contribution < -0.4 is 0 Å². The Balaban J connectivity index is 2.13. The molecule has 0 bridgehead atoms. The summed E-state index contributed by atoms with van der Waals surface area (Å²) in [7, 11) is 0. The normalized spacial score (nSPS) is 12.7. The highest BCUT2D eigenvalue weighted by molar-refractivity contribution is 5.30. The SMILES string of the molecule is Cc1cc(F)ccc1CC(O)c1ccc(C(F)F)cc1. The zero-order valence-corrected chi connectivity index (χ0v) is 11.0. The highest BCUT2D eigenvalue weighted by Crippen LogP contribution is 2.24. The van der Waals surface area contributed by atoms with Gasteiger partial charge in [0, 0.05) is 12.0 Å². The molecule has 1 unspecified atom stereocenters. The predicted molar refractivity (Wildman–Crippen MR) is 71.2 cm³/mol. The maximum absolute atomic E-state index is 13.0. The van der Waals surface area contributed by atoms with Gasteiger partial charge in [-0.3, -0.25) is 0 Å². The van der Waals surface area contributed by atoms with E-state index in [0.29, 0.717) is 12.0 Å². The summed E-state index contributed by atoms with van der Waals surface area (Å²) < 4.78 is 37.9. The molecule has 20 heavy (non-hydrogen) atoms. The number of aliphatic hydroxyl groups is 1. The standard InChI is InChI=1S/C16H15F3O/c1-10-8-14(17)7-6-13(10)9-15(20)11-2-4-12(5-3-11)16(18)19/h2-8,15-16,20H,9H2,1H3. The van der Waals surface area contributed by atoms with E-state index in [-0.39, 0.29) is 11.4 Å². The molecule has 0 spiro atoms. The lowest BCUT2D eigenvalue weighted by atomic mass is 9.97. The second-order valence-electron chi connectivity index (χ2n) is 4.76. The molecule has 0 radical (unpaired) electrons. The Bertz CT molecular complexity index is 579. The summed E-state index contributed by atoms with van der Waals surface area (Å²) in [4.78, 5) is 0. The van der Waals surface area contributed by atoms with Crippen LogP contribution in [0.25, 0.3) is 0 Å². The molecule has 2 rings (SSSR count). The molecule has 1 atom stereocenters. The van der Waals surface area contributed by atoms with Crippen LogP contribution in [0.4, 0.5) is 13.2 Å². The monoisotopic (exact) mass is 280 g/mol. The van der Waals surface area contributed by atoms with Crippen molar-refractivity contribution in [2.75, 3.05) is 0 Å². The maximum Gasteiger partial charge on any atom is 0.263 e. The van der Waals surface area contributed by atoms with Crippen molar-refractivity contribution in [2.24, 2.45) is 0 Å². The smallest absolute Gasteiger partial charge is 0.263 e. The van der Waals surface area contributed by atoms with Gasteiger partial charge in [-0.05, 0) is 35.7 Å². The number of hydrogen-bond acceptors (Lipinski definition) is 1. The molecule has 2 aromatic rings. The molecule has 0 saturated carbocycles. The number of rotatable bonds is 4. The molecule has 0 aromatic heterocycles. The summed E-state index contributed by atoms with van der Waals surface area (Å²) in [6.45, 7) is 1.77. The summed E-state index contributed by atoms with van der Waals surface area (Å²) in [5, 5.41) is 10.1. The lowest BCUT2D eigenvalue weighted by Gasteiger charge is -2.13. The van der Waals surface area contributed by atoms with Crippen LogP contribution in [0.15, 0.2) is 42.5 Å². The Labute approximate surface area is 115 Å². The van der Waals surface area contributed by atoms with E-state index in [1.54, 1.807) is 13.0 Å². The van der Waals surface area contributed by atoms with Crippen molar-refractivity contribution in [3.63, 3.8) is 0 Å². The largest absolute Gasteiger partial charge is 0.388 e. The third kappa shape index (κ3) is 3.39. The van der Waals surface area contributed by atoms with Crippen LogP contribution in [0.2, 0.25) is 0 Å². The van der Waals surface area contributed by atoms with Gasteiger partial charge in [-0.2, -0.15) is 0 Å². The maximum atomic E-state index is 13.0. The minimum Gasteiger partial charge on any atom is -0.388 e. The lowest BCUT2D eigenvalue weighted by Crippen LogP contribution is -2.03. The van der Waals surface area contributed by atoms with Crippen LogP contribution in [0.5, 0.6) is 0 Å². The van der Waals surface area contributed by atoms with Gasteiger partial charge in [0.15, 0.2) is 0 Å². The zero-order valence-electron chi connectivity index (χ0n) is 11.0. The van der Waals surface area contributed by atoms with E-state index in [0.717, 1.165) is 11.1 Å². The van der Waals surface area contributed by atoms with Crippen LogP contribution >= 0.6 is 0 Å².